The molecule has 0 aliphatic carbocycles. The van der Waals surface area contributed by atoms with E-state index in [9.17, 15) is 4.79 Å². The second-order valence-corrected chi connectivity index (χ2v) is 6.05. The summed E-state index contributed by atoms with van der Waals surface area (Å²) in [6, 6.07) is 8.13. The number of ether oxygens (including phenoxy) is 1. The number of methoxy groups -OCH3 is 1. The van der Waals surface area contributed by atoms with Crippen LogP contribution in [0, 0.1) is 6.92 Å². The summed E-state index contributed by atoms with van der Waals surface area (Å²) in [5, 5.41) is 0. The van der Waals surface area contributed by atoms with Crippen LogP contribution in [0.3, 0.4) is 0 Å². The van der Waals surface area contributed by atoms with Gasteiger partial charge in [-0.25, -0.2) is 4.98 Å². The standard InChI is InChI=1S/C16H18N2O2S/c1-11-15(21-10-17-11)16(19)18-8-4-7-14(18)12-5-3-6-13(9-12)20-2/h3,5-6,9-10,14H,4,7-8H2,1-2H3/t14-/m1/s1. The van der Waals surface area contributed by atoms with E-state index in [-0.39, 0.29) is 11.9 Å². The van der Waals surface area contributed by atoms with Gasteiger partial charge in [0, 0.05) is 6.54 Å². The summed E-state index contributed by atoms with van der Waals surface area (Å²) in [5.74, 6) is 0.932. The molecule has 0 bridgehead atoms. The maximum absolute atomic E-state index is 12.7. The molecular weight excluding hydrogens is 284 g/mol. The topological polar surface area (TPSA) is 42.4 Å². The van der Waals surface area contributed by atoms with E-state index in [1.54, 1.807) is 12.6 Å². The van der Waals surface area contributed by atoms with E-state index in [0.717, 1.165) is 41.3 Å². The van der Waals surface area contributed by atoms with Crippen LogP contribution < -0.4 is 4.74 Å². The predicted molar refractivity (Wildman–Crippen MR) is 82.9 cm³/mol. The molecular formula is C16H18N2O2S. The van der Waals surface area contributed by atoms with Crippen molar-refractivity contribution >= 4 is 17.2 Å². The van der Waals surface area contributed by atoms with Crippen molar-refractivity contribution < 1.29 is 9.53 Å². The van der Waals surface area contributed by atoms with E-state index in [1.807, 2.05) is 30.0 Å². The number of amides is 1. The predicted octanol–water partition coefficient (Wildman–Crippen LogP) is 3.44. The molecule has 0 N–H and O–H groups in total. The van der Waals surface area contributed by atoms with E-state index in [1.165, 1.54) is 11.3 Å². The van der Waals surface area contributed by atoms with Gasteiger partial charge in [-0.1, -0.05) is 12.1 Å². The first-order valence-corrected chi connectivity index (χ1v) is 7.93. The van der Waals surface area contributed by atoms with Gasteiger partial charge in [0.1, 0.15) is 10.6 Å². The van der Waals surface area contributed by atoms with Crippen LogP contribution in [0.2, 0.25) is 0 Å². The van der Waals surface area contributed by atoms with Gasteiger partial charge in [-0.05, 0) is 37.5 Å². The van der Waals surface area contributed by atoms with Gasteiger partial charge in [-0.2, -0.15) is 0 Å². The number of likely N-dealkylation sites (tertiary alicyclic amines) is 1. The maximum Gasteiger partial charge on any atom is 0.266 e. The molecule has 1 amide bonds. The average Bonchev–Trinajstić information content (AvgIpc) is 3.15. The molecule has 1 atom stereocenters. The van der Waals surface area contributed by atoms with Gasteiger partial charge in [0.05, 0.1) is 24.4 Å². The van der Waals surface area contributed by atoms with Crippen LogP contribution in [-0.2, 0) is 0 Å². The van der Waals surface area contributed by atoms with Gasteiger partial charge < -0.3 is 9.64 Å². The molecule has 1 aromatic carbocycles. The van der Waals surface area contributed by atoms with E-state index in [2.05, 4.69) is 11.1 Å². The zero-order chi connectivity index (χ0) is 14.8. The molecule has 0 unspecified atom stereocenters. The molecule has 21 heavy (non-hydrogen) atoms. The second-order valence-electron chi connectivity index (χ2n) is 5.20. The Morgan fingerprint density at radius 2 is 2.33 bits per heavy atom. The first kappa shape index (κ1) is 14.1. The summed E-state index contributed by atoms with van der Waals surface area (Å²) in [7, 11) is 1.66. The second kappa shape index (κ2) is 5.85. The third kappa shape index (κ3) is 2.65. The zero-order valence-corrected chi connectivity index (χ0v) is 13.0. The summed E-state index contributed by atoms with van der Waals surface area (Å²) < 4.78 is 5.29. The first-order chi connectivity index (χ1) is 10.2. The van der Waals surface area contributed by atoms with Crippen molar-refractivity contribution in [2.45, 2.75) is 25.8 Å². The van der Waals surface area contributed by atoms with Crippen molar-refractivity contribution in [2.75, 3.05) is 13.7 Å². The molecule has 2 heterocycles. The molecule has 1 saturated heterocycles. The summed E-state index contributed by atoms with van der Waals surface area (Å²) >= 11 is 1.42. The smallest absolute Gasteiger partial charge is 0.266 e. The number of aromatic nitrogens is 1. The first-order valence-electron chi connectivity index (χ1n) is 7.05. The molecule has 1 aliphatic heterocycles. The van der Waals surface area contributed by atoms with E-state index < -0.39 is 0 Å². The highest BCUT2D eigenvalue weighted by molar-refractivity contribution is 7.11. The summed E-state index contributed by atoms with van der Waals surface area (Å²) in [6.45, 7) is 2.69. The molecule has 1 aliphatic rings. The lowest BCUT2D eigenvalue weighted by Gasteiger charge is -2.25. The molecule has 0 radical (unpaired) electrons. The lowest BCUT2D eigenvalue weighted by atomic mass is 10.0. The number of hydrogen-bond acceptors (Lipinski definition) is 4. The van der Waals surface area contributed by atoms with Crippen LogP contribution in [0.1, 0.15) is 39.8 Å². The Morgan fingerprint density at radius 3 is 3.05 bits per heavy atom. The Balaban J connectivity index is 1.88. The largest absolute Gasteiger partial charge is 0.497 e. The summed E-state index contributed by atoms with van der Waals surface area (Å²) in [5.41, 5.74) is 3.70. The van der Waals surface area contributed by atoms with Gasteiger partial charge in [0.2, 0.25) is 0 Å². The fraction of sp³-hybridized carbons (Fsp3) is 0.375. The van der Waals surface area contributed by atoms with Crippen molar-refractivity contribution in [1.29, 1.82) is 0 Å². The maximum atomic E-state index is 12.7. The van der Waals surface area contributed by atoms with Crippen LogP contribution in [0.4, 0.5) is 0 Å². The van der Waals surface area contributed by atoms with Crippen LogP contribution in [0.25, 0.3) is 0 Å². The SMILES string of the molecule is COc1cccc([C@H]2CCCN2C(=O)c2scnc2C)c1. The van der Waals surface area contributed by atoms with Crippen LogP contribution in [0.5, 0.6) is 5.75 Å². The Hall–Kier alpha value is -1.88. The minimum Gasteiger partial charge on any atom is -0.497 e. The van der Waals surface area contributed by atoms with Gasteiger partial charge in [0.25, 0.3) is 5.91 Å². The monoisotopic (exact) mass is 302 g/mol. The number of rotatable bonds is 3. The number of carbonyl (C=O) groups excluding carboxylic acids is 1. The summed E-state index contributed by atoms with van der Waals surface area (Å²) in [6.07, 6.45) is 2.03. The van der Waals surface area contributed by atoms with Crippen molar-refractivity contribution in [1.82, 2.24) is 9.88 Å². The van der Waals surface area contributed by atoms with Gasteiger partial charge >= 0.3 is 0 Å². The molecule has 2 aromatic rings. The molecule has 5 heteroatoms. The van der Waals surface area contributed by atoms with Gasteiger partial charge in [-0.3, -0.25) is 4.79 Å². The lowest BCUT2D eigenvalue weighted by Crippen LogP contribution is -2.30. The van der Waals surface area contributed by atoms with Crippen LogP contribution >= 0.6 is 11.3 Å². The number of hydrogen-bond donors (Lipinski definition) is 0. The quantitative estimate of drug-likeness (QED) is 0.872. The third-order valence-corrected chi connectivity index (χ3v) is 4.85. The Kier molecular flexibility index (Phi) is 3.92. The molecule has 0 saturated carbocycles. The Bertz CT molecular complexity index is 653. The Morgan fingerprint density at radius 1 is 1.48 bits per heavy atom. The van der Waals surface area contributed by atoms with Crippen molar-refractivity contribution in [3.8, 4) is 5.75 Å². The molecule has 1 fully saturated rings. The molecule has 4 nitrogen and oxygen atoms in total. The van der Waals surface area contributed by atoms with Crippen molar-refractivity contribution in [3.05, 3.63) is 45.9 Å². The van der Waals surface area contributed by atoms with Crippen LogP contribution in [0.15, 0.2) is 29.8 Å². The number of aryl methyl sites for hydroxylation is 1. The number of nitrogens with zero attached hydrogens (tertiary/aromatic N) is 2. The number of benzene rings is 1. The highest BCUT2D eigenvalue weighted by atomic mass is 32.1. The van der Waals surface area contributed by atoms with Crippen molar-refractivity contribution in [3.63, 3.8) is 0 Å². The number of thiazole rings is 1. The Labute approximate surface area is 128 Å². The molecule has 110 valence electrons. The van der Waals surface area contributed by atoms with Gasteiger partial charge in [-0.15, -0.1) is 11.3 Å². The minimum absolute atomic E-state index is 0.0975. The lowest BCUT2D eigenvalue weighted by molar-refractivity contribution is 0.0739. The average molecular weight is 302 g/mol. The highest BCUT2D eigenvalue weighted by Crippen LogP contribution is 2.35. The van der Waals surface area contributed by atoms with E-state index in [0.29, 0.717) is 0 Å². The summed E-state index contributed by atoms with van der Waals surface area (Å²) in [4.78, 5) is 19.6. The molecule has 0 spiro atoms. The fourth-order valence-corrected chi connectivity index (χ4v) is 3.60. The molecule has 1 aromatic heterocycles. The number of carbonyl (C=O) groups is 1. The van der Waals surface area contributed by atoms with E-state index >= 15 is 0 Å². The molecule has 3 rings (SSSR count). The van der Waals surface area contributed by atoms with Gasteiger partial charge in [0.15, 0.2) is 0 Å². The van der Waals surface area contributed by atoms with Crippen molar-refractivity contribution in [2.24, 2.45) is 0 Å². The minimum atomic E-state index is 0.0975. The normalized spacial score (nSPS) is 18.0. The fourth-order valence-electron chi connectivity index (χ4n) is 2.84. The third-order valence-electron chi connectivity index (χ3n) is 3.93. The highest BCUT2D eigenvalue weighted by Gasteiger charge is 2.32. The van der Waals surface area contributed by atoms with E-state index in [4.69, 9.17) is 4.74 Å². The zero-order valence-electron chi connectivity index (χ0n) is 12.2. The van der Waals surface area contributed by atoms with Crippen LogP contribution in [-0.4, -0.2) is 29.4 Å².